The highest BCUT2D eigenvalue weighted by molar-refractivity contribution is 5.69. The number of hydrogen-bond donors (Lipinski definition) is 1. The van der Waals surface area contributed by atoms with Gasteiger partial charge in [-0.3, -0.25) is 9.48 Å². The molecule has 4 nitrogen and oxygen atoms in total. The number of carboxylic acid groups (broad SMARTS) is 1. The first-order valence-corrected chi connectivity index (χ1v) is 5.56. The molecule has 0 amide bonds. The molecule has 0 atom stereocenters. The maximum absolute atomic E-state index is 13.2. The second kappa shape index (κ2) is 5.00. The number of rotatable bonds is 4. The van der Waals surface area contributed by atoms with Crippen LogP contribution < -0.4 is 0 Å². The Hall–Kier alpha value is -2.17. The number of benzene rings is 1. The SMILES string of the molecule is Cn1ncc(-c2cccc(F)c2)c1CCC(=O)O. The van der Waals surface area contributed by atoms with Gasteiger partial charge < -0.3 is 5.11 Å². The Bertz CT molecular complexity index is 578. The van der Waals surface area contributed by atoms with Crippen molar-refractivity contribution in [3.05, 3.63) is 42.0 Å². The Kier molecular flexibility index (Phi) is 3.41. The van der Waals surface area contributed by atoms with Gasteiger partial charge in [0.25, 0.3) is 0 Å². The van der Waals surface area contributed by atoms with Gasteiger partial charge in [0.15, 0.2) is 0 Å². The predicted octanol–water partition coefficient (Wildman–Crippen LogP) is 2.24. The number of nitrogens with zero attached hydrogens (tertiary/aromatic N) is 2. The van der Waals surface area contributed by atoms with Crippen molar-refractivity contribution >= 4 is 5.97 Å². The van der Waals surface area contributed by atoms with E-state index in [-0.39, 0.29) is 12.2 Å². The van der Waals surface area contributed by atoms with Crippen molar-refractivity contribution in [3.8, 4) is 11.1 Å². The van der Waals surface area contributed by atoms with Gasteiger partial charge in [-0.25, -0.2) is 4.39 Å². The molecule has 0 aliphatic heterocycles. The van der Waals surface area contributed by atoms with Crippen molar-refractivity contribution in [3.63, 3.8) is 0 Å². The molecular formula is C13H13FN2O2. The second-order valence-electron chi connectivity index (χ2n) is 4.03. The van der Waals surface area contributed by atoms with Gasteiger partial charge in [-0.15, -0.1) is 0 Å². The largest absolute Gasteiger partial charge is 0.481 e. The van der Waals surface area contributed by atoms with Gasteiger partial charge in [0.2, 0.25) is 0 Å². The number of carbonyl (C=O) groups is 1. The van der Waals surface area contributed by atoms with Gasteiger partial charge >= 0.3 is 5.97 Å². The molecule has 0 fully saturated rings. The number of carboxylic acids is 1. The first-order chi connectivity index (χ1) is 8.58. The fourth-order valence-electron chi connectivity index (χ4n) is 1.88. The maximum Gasteiger partial charge on any atom is 0.303 e. The molecule has 18 heavy (non-hydrogen) atoms. The Morgan fingerprint density at radius 1 is 1.50 bits per heavy atom. The van der Waals surface area contributed by atoms with E-state index in [1.54, 1.807) is 30.1 Å². The lowest BCUT2D eigenvalue weighted by Gasteiger charge is -2.05. The summed E-state index contributed by atoms with van der Waals surface area (Å²) in [5.41, 5.74) is 2.28. The minimum Gasteiger partial charge on any atom is -0.481 e. The Morgan fingerprint density at radius 3 is 2.94 bits per heavy atom. The van der Waals surface area contributed by atoms with E-state index in [4.69, 9.17) is 5.11 Å². The molecule has 1 heterocycles. The minimum atomic E-state index is -0.860. The second-order valence-corrected chi connectivity index (χ2v) is 4.03. The minimum absolute atomic E-state index is 0.0296. The van der Waals surface area contributed by atoms with Crippen molar-refractivity contribution in [2.24, 2.45) is 7.05 Å². The van der Waals surface area contributed by atoms with Crippen molar-refractivity contribution in [1.29, 1.82) is 0 Å². The summed E-state index contributed by atoms with van der Waals surface area (Å²) in [4.78, 5) is 10.6. The third-order valence-corrected chi connectivity index (χ3v) is 2.77. The third kappa shape index (κ3) is 2.56. The summed E-state index contributed by atoms with van der Waals surface area (Å²) in [6.45, 7) is 0. The highest BCUT2D eigenvalue weighted by atomic mass is 19.1. The van der Waals surface area contributed by atoms with Gasteiger partial charge in [0, 0.05) is 24.7 Å². The lowest BCUT2D eigenvalue weighted by atomic mass is 10.0. The molecule has 94 valence electrons. The zero-order chi connectivity index (χ0) is 13.1. The Morgan fingerprint density at radius 2 is 2.28 bits per heavy atom. The summed E-state index contributed by atoms with van der Waals surface area (Å²) in [5, 5.41) is 12.8. The maximum atomic E-state index is 13.2. The van der Waals surface area contributed by atoms with Crippen LogP contribution in [0.15, 0.2) is 30.5 Å². The standard InChI is InChI=1S/C13H13FN2O2/c1-16-12(5-6-13(17)18)11(8-15-16)9-3-2-4-10(14)7-9/h2-4,7-8H,5-6H2,1H3,(H,17,18). The molecule has 1 N–H and O–H groups in total. The van der Waals surface area contributed by atoms with Crippen molar-refractivity contribution < 1.29 is 14.3 Å². The average molecular weight is 248 g/mol. The van der Waals surface area contributed by atoms with E-state index in [2.05, 4.69) is 5.10 Å². The van der Waals surface area contributed by atoms with Crippen LogP contribution in [0.5, 0.6) is 0 Å². The molecule has 0 aliphatic carbocycles. The van der Waals surface area contributed by atoms with E-state index in [9.17, 15) is 9.18 Å². The lowest BCUT2D eigenvalue weighted by Crippen LogP contribution is -2.04. The first kappa shape index (κ1) is 12.3. The quantitative estimate of drug-likeness (QED) is 0.902. The van der Waals surface area contributed by atoms with Crippen LogP contribution in [0.1, 0.15) is 12.1 Å². The molecule has 0 bridgehead atoms. The molecular weight excluding hydrogens is 235 g/mol. The molecule has 2 rings (SSSR count). The van der Waals surface area contributed by atoms with Crippen LogP contribution in [0.2, 0.25) is 0 Å². The fraction of sp³-hybridized carbons (Fsp3) is 0.231. The normalized spacial score (nSPS) is 10.6. The van der Waals surface area contributed by atoms with E-state index < -0.39 is 5.97 Å². The smallest absolute Gasteiger partial charge is 0.303 e. The van der Waals surface area contributed by atoms with Gasteiger partial charge in [-0.2, -0.15) is 5.10 Å². The van der Waals surface area contributed by atoms with Gasteiger partial charge in [0.1, 0.15) is 5.82 Å². The van der Waals surface area contributed by atoms with E-state index >= 15 is 0 Å². The van der Waals surface area contributed by atoms with Gasteiger partial charge in [0.05, 0.1) is 12.6 Å². The van der Waals surface area contributed by atoms with Crippen LogP contribution in [0.25, 0.3) is 11.1 Å². The van der Waals surface area contributed by atoms with Crippen LogP contribution in [-0.2, 0) is 18.3 Å². The Labute approximate surface area is 104 Å². The summed E-state index contributed by atoms with van der Waals surface area (Å²) in [6, 6.07) is 6.20. The lowest BCUT2D eigenvalue weighted by molar-refractivity contribution is -0.136. The Balaban J connectivity index is 2.36. The number of hydrogen-bond acceptors (Lipinski definition) is 2. The zero-order valence-electron chi connectivity index (χ0n) is 9.93. The summed E-state index contributed by atoms with van der Waals surface area (Å²) in [5.74, 6) is -1.18. The van der Waals surface area contributed by atoms with Crippen molar-refractivity contribution in [2.45, 2.75) is 12.8 Å². The van der Waals surface area contributed by atoms with Crippen LogP contribution in [0.3, 0.4) is 0 Å². The van der Waals surface area contributed by atoms with Crippen LogP contribution in [-0.4, -0.2) is 20.9 Å². The molecule has 1 aromatic carbocycles. The van der Waals surface area contributed by atoms with Crippen LogP contribution in [0, 0.1) is 5.82 Å². The summed E-state index contributed by atoms with van der Waals surface area (Å²) in [7, 11) is 1.75. The van der Waals surface area contributed by atoms with Crippen molar-refractivity contribution in [2.75, 3.05) is 0 Å². The molecule has 0 saturated carbocycles. The fourth-order valence-corrected chi connectivity index (χ4v) is 1.88. The number of aromatic nitrogens is 2. The summed E-state index contributed by atoms with van der Waals surface area (Å²) >= 11 is 0. The van der Waals surface area contributed by atoms with E-state index in [0.717, 1.165) is 11.3 Å². The zero-order valence-corrected chi connectivity index (χ0v) is 9.93. The highest BCUT2D eigenvalue weighted by Gasteiger charge is 2.12. The molecule has 0 aliphatic rings. The topological polar surface area (TPSA) is 55.1 Å². The van der Waals surface area contributed by atoms with E-state index in [1.807, 2.05) is 0 Å². The summed E-state index contributed by atoms with van der Waals surface area (Å²) in [6.07, 6.45) is 2.03. The van der Waals surface area contributed by atoms with Crippen molar-refractivity contribution in [1.82, 2.24) is 9.78 Å². The van der Waals surface area contributed by atoms with Crippen LogP contribution in [0.4, 0.5) is 4.39 Å². The monoisotopic (exact) mass is 248 g/mol. The molecule has 2 aromatic rings. The average Bonchev–Trinajstić information content (AvgIpc) is 2.68. The summed E-state index contributed by atoms with van der Waals surface area (Å²) < 4.78 is 14.8. The number of aryl methyl sites for hydroxylation is 1. The van der Waals surface area contributed by atoms with E-state index in [0.29, 0.717) is 12.0 Å². The van der Waals surface area contributed by atoms with Gasteiger partial charge in [-0.1, -0.05) is 12.1 Å². The highest BCUT2D eigenvalue weighted by Crippen LogP contribution is 2.24. The number of aliphatic carboxylic acids is 1. The van der Waals surface area contributed by atoms with E-state index in [1.165, 1.54) is 12.1 Å². The number of halogens is 1. The molecule has 1 aromatic heterocycles. The predicted molar refractivity (Wildman–Crippen MR) is 64.6 cm³/mol. The molecule has 0 saturated heterocycles. The van der Waals surface area contributed by atoms with Gasteiger partial charge in [-0.05, 0) is 17.7 Å². The molecule has 0 unspecified atom stereocenters. The molecule has 0 spiro atoms. The third-order valence-electron chi connectivity index (χ3n) is 2.77. The molecule has 0 radical (unpaired) electrons. The van der Waals surface area contributed by atoms with Crippen LogP contribution >= 0.6 is 0 Å². The first-order valence-electron chi connectivity index (χ1n) is 5.56. The molecule has 5 heteroatoms.